The molecule has 0 spiro atoms. The molecular formula is C14H22N2O2. The van der Waals surface area contributed by atoms with Crippen molar-refractivity contribution < 1.29 is 9.53 Å². The molecule has 18 heavy (non-hydrogen) atoms. The molecule has 4 heteroatoms. The van der Waals surface area contributed by atoms with Gasteiger partial charge in [-0.25, -0.2) is 0 Å². The van der Waals surface area contributed by atoms with Crippen LogP contribution in [0.25, 0.3) is 0 Å². The number of benzene rings is 1. The topological polar surface area (TPSA) is 64.3 Å². The summed E-state index contributed by atoms with van der Waals surface area (Å²) in [7, 11) is 1.71. The van der Waals surface area contributed by atoms with Crippen molar-refractivity contribution in [1.29, 1.82) is 0 Å². The fraction of sp³-hybridized carbons (Fsp3) is 0.500. The lowest BCUT2D eigenvalue weighted by atomic mass is 10.0. The highest BCUT2D eigenvalue weighted by molar-refractivity contribution is 5.93. The van der Waals surface area contributed by atoms with E-state index in [-0.39, 0.29) is 5.91 Å². The number of methoxy groups -OCH3 is 1. The molecule has 100 valence electrons. The molecular weight excluding hydrogens is 228 g/mol. The van der Waals surface area contributed by atoms with Gasteiger partial charge in [0.25, 0.3) is 0 Å². The van der Waals surface area contributed by atoms with Crippen molar-refractivity contribution in [3.05, 3.63) is 34.9 Å². The summed E-state index contributed by atoms with van der Waals surface area (Å²) in [6.45, 7) is 6.58. The molecule has 0 aliphatic rings. The van der Waals surface area contributed by atoms with Gasteiger partial charge in [-0.1, -0.05) is 13.0 Å². The molecule has 4 nitrogen and oxygen atoms in total. The average molecular weight is 250 g/mol. The zero-order chi connectivity index (χ0) is 13.5. The van der Waals surface area contributed by atoms with Crippen LogP contribution in [-0.4, -0.2) is 26.2 Å². The van der Waals surface area contributed by atoms with Crippen molar-refractivity contribution in [2.75, 3.05) is 20.3 Å². The minimum absolute atomic E-state index is 0.383. The predicted molar refractivity (Wildman–Crippen MR) is 72.4 cm³/mol. The van der Waals surface area contributed by atoms with Crippen molar-refractivity contribution in [1.82, 2.24) is 5.32 Å². The second kappa shape index (κ2) is 7.13. The van der Waals surface area contributed by atoms with Crippen LogP contribution >= 0.6 is 0 Å². The Morgan fingerprint density at radius 2 is 2.22 bits per heavy atom. The SMILES string of the molecule is COCC(C)CNCc1ccc(C(N)=O)cc1C. The Kier molecular flexibility index (Phi) is 5.82. The normalized spacial score (nSPS) is 12.4. The lowest BCUT2D eigenvalue weighted by Gasteiger charge is -2.13. The smallest absolute Gasteiger partial charge is 0.248 e. The summed E-state index contributed by atoms with van der Waals surface area (Å²) >= 11 is 0. The van der Waals surface area contributed by atoms with Gasteiger partial charge in [-0.3, -0.25) is 4.79 Å². The molecule has 1 amide bonds. The fourth-order valence-electron chi connectivity index (χ4n) is 1.84. The lowest BCUT2D eigenvalue weighted by molar-refractivity contribution is 0.1000. The van der Waals surface area contributed by atoms with E-state index < -0.39 is 0 Å². The van der Waals surface area contributed by atoms with E-state index in [1.807, 2.05) is 19.1 Å². The number of rotatable bonds is 7. The van der Waals surface area contributed by atoms with Gasteiger partial charge in [0.2, 0.25) is 5.91 Å². The van der Waals surface area contributed by atoms with E-state index in [0.29, 0.717) is 11.5 Å². The van der Waals surface area contributed by atoms with E-state index in [2.05, 4.69) is 12.2 Å². The highest BCUT2D eigenvalue weighted by Gasteiger charge is 2.05. The van der Waals surface area contributed by atoms with Gasteiger partial charge in [0.15, 0.2) is 0 Å². The largest absolute Gasteiger partial charge is 0.384 e. The quantitative estimate of drug-likeness (QED) is 0.770. The summed E-state index contributed by atoms with van der Waals surface area (Å²) in [6.07, 6.45) is 0. The number of carbonyl (C=O) groups is 1. The van der Waals surface area contributed by atoms with E-state index in [1.165, 1.54) is 5.56 Å². The summed E-state index contributed by atoms with van der Waals surface area (Å²) < 4.78 is 5.08. The van der Waals surface area contributed by atoms with Crippen LogP contribution < -0.4 is 11.1 Å². The maximum atomic E-state index is 11.0. The number of hydrogen-bond donors (Lipinski definition) is 2. The molecule has 0 aliphatic heterocycles. The highest BCUT2D eigenvalue weighted by Crippen LogP contribution is 2.10. The van der Waals surface area contributed by atoms with Crippen LogP contribution in [0, 0.1) is 12.8 Å². The number of ether oxygens (including phenoxy) is 1. The third kappa shape index (κ3) is 4.47. The zero-order valence-electron chi connectivity index (χ0n) is 11.3. The average Bonchev–Trinajstić information content (AvgIpc) is 2.31. The minimum atomic E-state index is -0.383. The van der Waals surface area contributed by atoms with Crippen molar-refractivity contribution in [3.63, 3.8) is 0 Å². The van der Waals surface area contributed by atoms with Gasteiger partial charge in [-0.05, 0) is 36.1 Å². The number of carbonyl (C=O) groups excluding carboxylic acids is 1. The molecule has 1 atom stereocenters. The first-order valence-corrected chi connectivity index (χ1v) is 6.13. The van der Waals surface area contributed by atoms with Gasteiger partial charge in [0.05, 0.1) is 0 Å². The van der Waals surface area contributed by atoms with E-state index in [0.717, 1.165) is 25.3 Å². The van der Waals surface area contributed by atoms with Crippen molar-refractivity contribution >= 4 is 5.91 Å². The molecule has 3 N–H and O–H groups in total. The van der Waals surface area contributed by atoms with Gasteiger partial charge in [0.1, 0.15) is 0 Å². The first-order chi connectivity index (χ1) is 8.54. The summed E-state index contributed by atoms with van der Waals surface area (Å²) in [5, 5.41) is 3.38. The molecule has 0 radical (unpaired) electrons. The van der Waals surface area contributed by atoms with Gasteiger partial charge in [-0.15, -0.1) is 0 Å². The molecule has 0 aromatic heterocycles. The number of nitrogens with two attached hydrogens (primary N) is 1. The highest BCUT2D eigenvalue weighted by atomic mass is 16.5. The summed E-state index contributed by atoms with van der Waals surface area (Å²) in [5.74, 6) is 0.103. The van der Waals surface area contributed by atoms with E-state index in [4.69, 9.17) is 10.5 Å². The molecule has 0 heterocycles. The molecule has 1 aromatic carbocycles. The number of amides is 1. The maximum absolute atomic E-state index is 11.0. The van der Waals surface area contributed by atoms with Crippen LogP contribution in [0.5, 0.6) is 0 Å². The van der Waals surface area contributed by atoms with Crippen LogP contribution in [-0.2, 0) is 11.3 Å². The Morgan fingerprint density at radius 1 is 1.50 bits per heavy atom. The monoisotopic (exact) mass is 250 g/mol. The maximum Gasteiger partial charge on any atom is 0.248 e. The van der Waals surface area contributed by atoms with Gasteiger partial charge in [0, 0.05) is 32.4 Å². The Balaban J connectivity index is 2.50. The molecule has 0 fully saturated rings. The summed E-state index contributed by atoms with van der Waals surface area (Å²) in [4.78, 5) is 11.0. The molecule has 0 bridgehead atoms. The minimum Gasteiger partial charge on any atom is -0.384 e. The molecule has 0 saturated heterocycles. The number of hydrogen-bond acceptors (Lipinski definition) is 3. The van der Waals surface area contributed by atoms with Gasteiger partial charge in [-0.2, -0.15) is 0 Å². The van der Waals surface area contributed by atoms with Crippen LogP contribution in [0.2, 0.25) is 0 Å². The molecule has 1 rings (SSSR count). The second-order valence-corrected chi connectivity index (χ2v) is 4.70. The molecule has 0 aliphatic carbocycles. The Hall–Kier alpha value is -1.39. The standard InChI is InChI=1S/C14H22N2O2/c1-10(9-18-3)7-16-8-13-5-4-12(14(15)17)6-11(13)2/h4-6,10,16H,7-9H2,1-3H3,(H2,15,17). The first kappa shape index (κ1) is 14.7. The van der Waals surface area contributed by atoms with Crippen molar-refractivity contribution in [2.45, 2.75) is 20.4 Å². The van der Waals surface area contributed by atoms with E-state index >= 15 is 0 Å². The number of aryl methyl sites for hydroxylation is 1. The van der Waals surface area contributed by atoms with E-state index in [1.54, 1.807) is 13.2 Å². The van der Waals surface area contributed by atoms with Crippen LogP contribution in [0.3, 0.4) is 0 Å². The second-order valence-electron chi connectivity index (χ2n) is 4.70. The summed E-state index contributed by atoms with van der Waals surface area (Å²) in [5.41, 5.74) is 8.06. The first-order valence-electron chi connectivity index (χ1n) is 6.13. The molecule has 1 aromatic rings. The van der Waals surface area contributed by atoms with Crippen molar-refractivity contribution in [3.8, 4) is 0 Å². The number of primary amides is 1. The zero-order valence-corrected chi connectivity index (χ0v) is 11.3. The molecule has 0 saturated carbocycles. The van der Waals surface area contributed by atoms with Crippen molar-refractivity contribution in [2.24, 2.45) is 11.7 Å². The predicted octanol–water partition coefficient (Wildman–Crippen LogP) is 1.47. The third-order valence-corrected chi connectivity index (χ3v) is 2.89. The van der Waals surface area contributed by atoms with Crippen LogP contribution in [0.15, 0.2) is 18.2 Å². The fourth-order valence-corrected chi connectivity index (χ4v) is 1.84. The van der Waals surface area contributed by atoms with Crippen LogP contribution in [0.4, 0.5) is 0 Å². The van der Waals surface area contributed by atoms with E-state index in [9.17, 15) is 4.79 Å². The Labute approximate surface area is 109 Å². The van der Waals surface area contributed by atoms with Gasteiger partial charge < -0.3 is 15.8 Å². The number of nitrogens with one attached hydrogen (secondary N) is 1. The Bertz CT molecular complexity index is 405. The van der Waals surface area contributed by atoms with Crippen LogP contribution in [0.1, 0.15) is 28.4 Å². The summed E-state index contributed by atoms with van der Waals surface area (Å²) in [6, 6.07) is 5.55. The van der Waals surface area contributed by atoms with Gasteiger partial charge >= 0.3 is 0 Å². The lowest BCUT2D eigenvalue weighted by Crippen LogP contribution is -2.23. The third-order valence-electron chi connectivity index (χ3n) is 2.89. The molecule has 1 unspecified atom stereocenters. The Morgan fingerprint density at radius 3 is 2.78 bits per heavy atom.